The van der Waals surface area contributed by atoms with E-state index in [9.17, 15) is 9.59 Å². The number of rotatable bonds is 6. The molecule has 0 aromatic carbocycles. The summed E-state index contributed by atoms with van der Waals surface area (Å²) in [6.07, 6.45) is 0. The minimum atomic E-state index is -1.03. The number of thioether (sulfide) groups is 1. The van der Waals surface area contributed by atoms with E-state index in [4.69, 9.17) is 16.7 Å². The lowest BCUT2D eigenvalue weighted by molar-refractivity contribution is -0.140. The molecule has 1 heterocycles. The largest absolute Gasteiger partial charge is 0.480 e. The van der Waals surface area contributed by atoms with Crippen molar-refractivity contribution >= 4 is 46.6 Å². The second kappa shape index (κ2) is 6.88. The Morgan fingerprint density at radius 1 is 1.59 bits per heavy atom. The summed E-state index contributed by atoms with van der Waals surface area (Å²) in [5.74, 6) is -0.361. The third-order valence-corrected chi connectivity index (χ3v) is 4.25. The third kappa shape index (κ3) is 5.43. The van der Waals surface area contributed by atoms with Gasteiger partial charge in [0.15, 0.2) is 0 Å². The van der Waals surface area contributed by atoms with Gasteiger partial charge in [0.25, 0.3) is 0 Å². The summed E-state index contributed by atoms with van der Waals surface area (Å²) in [5.41, 5.74) is 0. The van der Waals surface area contributed by atoms with Crippen molar-refractivity contribution in [3.05, 3.63) is 21.3 Å². The Kier molecular flexibility index (Phi) is 5.80. The van der Waals surface area contributed by atoms with Gasteiger partial charge in [0.05, 0.1) is 10.1 Å². The molecule has 0 aliphatic heterocycles. The van der Waals surface area contributed by atoms with E-state index in [1.165, 1.54) is 30.0 Å². The molecule has 0 bridgehead atoms. The molecule has 0 aliphatic rings. The van der Waals surface area contributed by atoms with Crippen molar-refractivity contribution in [3.63, 3.8) is 0 Å². The van der Waals surface area contributed by atoms with Crippen molar-refractivity contribution in [2.24, 2.45) is 0 Å². The molecule has 4 nitrogen and oxygen atoms in total. The van der Waals surface area contributed by atoms with Gasteiger partial charge in [-0.2, -0.15) is 0 Å². The molecule has 1 amide bonds. The Balaban J connectivity index is 2.22. The average molecular weight is 294 g/mol. The van der Waals surface area contributed by atoms with Crippen LogP contribution in [0.4, 0.5) is 0 Å². The number of carbonyl (C=O) groups is 2. The maximum absolute atomic E-state index is 11.3. The minimum absolute atomic E-state index is 0.243. The molecule has 1 rings (SSSR count). The van der Waals surface area contributed by atoms with Gasteiger partial charge in [-0.15, -0.1) is 23.1 Å². The van der Waals surface area contributed by atoms with E-state index in [2.05, 4.69) is 5.32 Å². The highest BCUT2D eigenvalue weighted by atomic mass is 35.5. The minimum Gasteiger partial charge on any atom is -0.480 e. The van der Waals surface area contributed by atoms with Gasteiger partial charge in [0.1, 0.15) is 6.04 Å². The summed E-state index contributed by atoms with van der Waals surface area (Å²) in [4.78, 5) is 22.9. The summed E-state index contributed by atoms with van der Waals surface area (Å²) < 4.78 is 0.726. The molecule has 0 saturated heterocycles. The number of nitrogens with one attached hydrogen (secondary N) is 1. The molecule has 1 aromatic heterocycles. The van der Waals surface area contributed by atoms with E-state index in [-0.39, 0.29) is 11.7 Å². The molecule has 1 unspecified atom stereocenters. The predicted molar refractivity (Wildman–Crippen MR) is 70.7 cm³/mol. The zero-order chi connectivity index (χ0) is 12.8. The van der Waals surface area contributed by atoms with Crippen LogP contribution in [0.2, 0.25) is 4.34 Å². The van der Waals surface area contributed by atoms with Gasteiger partial charge < -0.3 is 10.4 Å². The van der Waals surface area contributed by atoms with Crippen LogP contribution >= 0.6 is 34.7 Å². The van der Waals surface area contributed by atoms with E-state index < -0.39 is 12.0 Å². The Hall–Kier alpha value is -0.720. The molecule has 0 fully saturated rings. The summed E-state index contributed by atoms with van der Waals surface area (Å²) in [6.45, 7) is 1.43. The van der Waals surface area contributed by atoms with E-state index >= 15 is 0 Å². The molecular formula is C10H12ClNO3S2. The number of carboxylic acid groups (broad SMARTS) is 1. The van der Waals surface area contributed by atoms with Gasteiger partial charge in [0, 0.05) is 10.6 Å². The van der Waals surface area contributed by atoms with E-state index in [0.717, 1.165) is 9.21 Å². The molecule has 94 valence electrons. The highest BCUT2D eigenvalue weighted by Crippen LogP contribution is 2.24. The molecule has 0 saturated carbocycles. The van der Waals surface area contributed by atoms with Crippen molar-refractivity contribution in [3.8, 4) is 0 Å². The monoisotopic (exact) mass is 293 g/mol. The fourth-order valence-corrected chi connectivity index (χ4v) is 3.06. The fraction of sp³-hybridized carbons (Fsp3) is 0.400. The zero-order valence-corrected chi connectivity index (χ0v) is 11.5. The second-order valence-corrected chi connectivity index (χ2v) is 6.11. The van der Waals surface area contributed by atoms with Crippen molar-refractivity contribution in [2.45, 2.75) is 18.7 Å². The lowest BCUT2D eigenvalue weighted by Crippen LogP contribution is -2.39. The number of amides is 1. The maximum Gasteiger partial charge on any atom is 0.325 e. The molecule has 1 aromatic rings. The first-order chi connectivity index (χ1) is 7.99. The molecular weight excluding hydrogens is 282 g/mol. The molecule has 17 heavy (non-hydrogen) atoms. The smallest absolute Gasteiger partial charge is 0.325 e. The second-order valence-electron chi connectivity index (χ2n) is 3.33. The number of hydrogen-bond donors (Lipinski definition) is 2. The Bertz CT molecular complexity index is 408. The SMILES string of the molecule is CC(NC(=O)CSCc1ccc(Cl)s1)C(=O)O. The van der Waals surface area contributed by atoms with Gasteiger partial charge in [-0.1, -0.05) is 11.6 Å². The van der Waals surface area contributed by atoms with Crippen molar-refractivity contribution in [1.82, 2.24) is 5.32 Å². The Morgan fingerprint density at radius 3 is 2.82 bits per heavy atom. The van der Waals surface area contributed by atoms with Crippen molar-refractivity contribution < 1.29 is 14.7 Å². The molecule has 1 atom stereocenters. The molecule has 0 aliphatic carbocycles. The van der Waals surface area contributed by atoms with Gasteiger partial charge >= 0.3 is 5.97 Å². The van der Waals surface area contributed by atoms with Gasteiger partial charge in [-0.05, 0) is 19.1 Å². The van der Waals surface area contributed by atoms with Gasteiger partial charge in [-0.25, -0.2) is 0 Å². The highest BCUT2D eigenvalue weighted by molar-refractivity contribution is 7.99. The van der Waals surface area contributed by atoms with Gasteiger partial charge in [0.2, 0.25) is 5.91 Å². The predicted octanol–water partition coefficient (Wildman–Crippen LogP) is 2.22. The Labute approximate surface area is 112 Å². The molecule has 0 spiro atoms. The van der Waals surface area contributed by atoms with E-state index in [0.29, 0.717) is 5.75 Å². The summed E-state index contributed by atoms with van der Waals surface area (Å²) in [6, 6.07) is 2.88. The summed E-state index contributed by atoms with van der Waals surface area (Å²) in [7, 11) is 0. The van der Waals surface area contributed by atoms with Crippen LogP contribution in [0.1, 0.15) is 11.8 Å². The van der Waals surface area contributed by atoms with Crippen LogP contribution in [-0.2, 0) is 15.3 Å². The zero-order valence-electron chi connectivity index (χ0n) is 9.10. The molecule has 0 radical (unpaired) electrons. The first-order valence-electron chi connectivity index (χ1n) is 4.83. The number of carbonyl (C=O) groups excluding carboxylic acids is 1. The first kappa shape index (κ1) is 14.3. The van der Waals surface area contributed by atoms with Crippen LogP contribution in [0, 0.1) is 0 Å². The van der Waals surface area contributed by atoms with Crippen LogP contribution in [0.5, 0.6) is 0 Å². The fourth-order valence-electron chi connectivity index (χ4n) is 1.02. The standard InChI is InChI=1S/C10H12ClNO3S2/c1-6(10(14)15)12-9(13)5-16-4-7-2-3-8(11)17-7/h2-3,6H,4-5H2,1H3,(H,12,13)(H,14,15). The summed E-state index contributed by atoms with van der Waals surface area (Å²) >= 11 is 8.68. The van der Waals surface area contributed by atoms with Crippen LogP contribution in [-0.4, -0.2) is 28.8 Å². The van der Waals surface area contributed by atoms with Crippen LogP contribution < -0.4 is 5.32 Å². The van der Waals surface area contributed by atoms with Crippen LogP contribution in [0.15, 0.2) is 12.1 Å². The molecule has 7 heteroatoms. The molecule has 2 N–H and O–H groups in total. The number of halogens is 1. The van der Waals surface area contributed by atoms with E-state index in [1.54, 1.807) is 0 Å². The average Bonchev–Trinajstić information content (AvgIpc) is 2.64. The number of hydrogen-bond acceptors (Lipinski definition) is 4. The van der Waals surface area contributed by atoms with Crippen LogP contribution in [0.25, 0.3) is 0 Å². The lowest BCUT2D eigenvalue weighted by atomic mass is 10.3. The summed E-state index contributed by atoms with van der Waals surface area (Å²) in [5, 5.41) is 11.0. The third-order valence-electron chi connectivity index (χ3n) is 1.85. The normalized spacial score (nSPS) is 12.1. The van der Waals surface area contributed by atoms with Gasteiger partial charge in [-0.3, -0.25) is 9.59 Å². The number of carboxylic acids is 1. The van der Waals surface area contributed by atoms with Crippen molar-refractivity contribution in [1.29, 1.82) is 0 Å². The highest BCUT2D eigenvalue weighted by Gasteiger charge is 2.13. The number of thiophene rings is 1. The van der Waals surface area contributed by atoms with E-state index in [1.807, 2.05) is 12.1 Å². The topological polar surface area (TPSA) is 66.4 Å². The first-order valence-corrected chi connectivity index (χ1v) is 7.18. The quantitative estimate of drug-likeness (QED) is 0.844. The van der Waals surface area contributed by atoms with Crippen LogP contribution in [0.3, 0.4) is 0 Å². The van der Waals surface area contributed by atoms with Crippen molar-refractivity contribution in [2.75, 3.05) is 5.75 Å². The maximum atomic E-state index is 11.3. The number of aliphatic carboxylic acids is 1. The Morgan fingerprint density at radius 2 is 2.29 bits per heavy atom. The lowest BCUT2D eigenvalue weighted by Gasteiger charge is -2.08.